The van der Waals surface area contributed by atoms with Gasteiger partial charge in [-0.05, 0) is 0 Å². The molecule has 1 saturated heterocycles. The molecule has 0 bridgehead atoms. The minimum atomic E-state index is -3.81. The van der Waals surface area contributed by atoms with Crippen molar-refractivity contribution in [1.82, 2.24) is 9.03 Å². The van der Waals surface area contributed by atoms with E-state index in [0.717, 1.165) is 4.31 Å². The molecular weight excluding hydrogens is 307 g/mol. The Labute approximate surface area is 129 Å². The van der Waals surface area contributed by atoms with Crippen LogP contribution in [0.1, 0.15) is 11.5 Å². The van der Waals surface area contributed by atoms with Gasteiger partial charge < -0.3 is 0 Å². The van der Waals surface area contributed by atoms with Gasteiger partial charge in [0.2, 0.25) is 0 Å². The Morgan fingerprint density at radius 1 is 1.59 bits per heavy atom. The topological polar surface area (TPSA) is 139 Å². The molecule has 0 spiro atoms. The summed E-state index contributed by atoms with van der Waals surface area (Å²) in [6.07, 6.45) is 0. The van der Waals surface area contributed by atoms with Crippen LogP contribution in [-0.4, -0.2) is 62.4 Å². The number of carboxylic acid groups (broad SMARTS) is 1. The van der Waals surface area contributed by atoms with Gasteiger partial charge in [-0.15, -0.1) is 0 Å². The van der Waals surface area contributed by atoms with Crippen molar-refractivity contribution in [2.75, 3.05) is 26.2 Å². The van der Waals surface area contributed by atoms with Gasteiger partial charge >= 0.3 is 129 Å². The molecule has 2 atom stereocenters. The third kappa shape index (κ3) is 3.20. The van der Waals surface area contributed by atoms with Gasteiger partial charge in [-0.3, -0.25) is 0 Å². The molecule has 120 valence electrons. The zero-order chi connectivity index (χ0) is 16.4. The zero-order valence-electron chi connectivity index (χ0n) is 12.0. The van der Waals surface area contributed by atoms with Crippen LogP contribution in [0, 0.1) is 0 Å². The summed E-state index contributed by atoms with van der Waals surface area (Å²) in [4.78, 5) is 11.6. The Morgan fingerprint density at radius 3 is 2.86 bits per heavy atom. The number of carbonyl (C=O) groups is 1. The van der Waals surface area contributed by atoms with Crippen molar-refractivity contribution in [2.45, 2.75) is 11.5 Å². The molecule has 0 radical (unpaired) electrons. The molecule has 2 unspecified atom stereocenters. The van der Waals surface area contributed by atoms with E-state index in [1.165, 1.54) is 0 Å². The molecule has 6 N–H and O–H groups in total. The second kappa shape index (κ2) is 6.43. The summed E-state index contributed by atoms with van der Waals surface area (Å²) < 4.78 is 27.8. The second-order valence-corrected chi connectivity index (χ2v) is 7.04. The number of aliphatic carboxylic acids is 1. The molecule has 22 heavy (non-hydrogen) atoms. The van der Waals surface area contributed by atoms with Crippen LogP contribution in [0.4, 0.5) is 0 Å². The van der Waals surface area contributed by atoms with Gasteiger partial charge in [-0.1, -0.05) is 0 Å². The van der Waals surface area contributed by atoms with Crippen molar-refractivity contribution >= 4 is 23.1 Å². The molecule has 2 heterocycles. The number of rotatable bonds is 6. The molecule has 0 aromatic carbocycles. The third-order valence-electron chi connectivity index (χ3n) is 3.81. The van der Waals surface area contributed by atoms with Gasteiger partial charge in [0, 0.05) is 0 Å². The van der Waals surface area contributed by atoms with Gasteiger partial charge in [-0.25, -0.2) is 0 Å². The maximum absolute atomic E-state index is 12.2. The fourth-order valence-electron chi connectivity index (χ4n) is 2.60. The molecule has 10 heteroatoms. The van der Waals surface area contributed by atoms with E-state index in [-0.39, 0.29) is 26.2 Å². The summed E-state index contributed by atoms with van der Waals surface area (Å²) >= 11 is 0. The summed E-state index contributed by atoms with van der Waals surface area (Å²) in [6.45, 7) is 1.72. The summed E-state index contributed by atoms with van der Waals surface area (Å²) in [5.41, 5.74) is 10.4. The molecule has 1 aromatic heterocycles. The van der Waals surface area contributed by atoms with Gasteiger partial charge in [0.05, 0.1) is 0 Å². The number of carboxylic acids is 1. The van der Waals surface area contributed by atoms with E-state index in [1.54, 1.807) is 31.0 Å². The van der Waals surface area contributed by atoms with Gasteiger partial charge in [0.15, 0.2) is 0 Å². The molecule has 0 aliphatic carbocycles. The van der Waals surface area contributed by atoms with Crippen molar-refractivity contribution < 1.29 is 18.3 Å². The first kappa shape index (κ1) is 17.0. The van der Waals surface area contributed by atoms with Crippen molar-refractivity contribution in [1.29, 1.82) is 0 Å². The minimum absolute atomic E-state index is 0.00666. The van der Waals surface area contributed by atoms with Crippen molar-refractivity contribution in [2.24, 2.45) is 11.5 Å². The Hall–Kier alpha value is -1.33. The predicted octanol–water partition coefficient (Wildman–Crippen LogP) is -2.00. The Bertz CT molecular complexity index is 642. The molecule has 2 rings (SSSR count). The summed E-state index contributed by atoms with van der Waals surface area (Å²) in [7, 11) is -3.81. The van der Waals surface area contributed by atoms with Crippen LogP contribution < -0.4 is 16.2 Å². The second-order valence-electron chi connectivity index (χ2n) is 5.29. The number of nitrogens with two attached hydrogens (primary N) is 2. The van der Waals surface area contributed by atoms with E-state index in [9.17, 15) is 18.3 Å². The number of hydrogen-bond acceptors (Lipinski definition) is 5. The molecular formula is C12H19BN4O4S. The van der Waals surface area contributed by atoms with Crippen LogP contribution in [0.2, 0.25) is 0 Å². The first-order chi connectivity index (χ1) is 10.3. The summed E-state index contributed by atoms with van der Waals surface area (Å²) in [5, 5.41) is 9.48. The van der Waals surface area contributed by atoms with E-state index in [0.29, 0.717) is 5.56 Å². The van der Waals surface area contributed by atoms with E-state index in [1.807, 2.05) is 0 Å². The van der Waals surface area contributed by atoms with E-state index in [4.69, 9.17) is 11.5 Å². The molecule has 0 saturated carbocycles. The van der Waals surface area contributed by atoms with E-state index >= 15 is 0 Å². The van der Waals surface area contributed by atoms with Crippen LogP contribution in [0.25, 0.3) is 0 Å². The molecule has 1 fully saturated rings. The first-order valence-electron chi connectivity index (χ1n) is 6.83. The van der Waals surface area contributed by atoms with Crippen LogP contribution in [0.3, 0.4) is 0 Å². The summed E-state index contributed by atoms with van der Waals surface area (Å²) in [5.74, 6) is 1.70. The first-order valence-corrected chi connectivity index (χ1v) is 8.27. The fourth-order valence-corrected chi connectivity index (χ4v) is 3.89. The van der Waals surface area contributed by atoms with Crippen molar-refractivity contribution in [3.63, 3.8) is 0 Å². The van der Waals surface area contributed by atoms with Crippen LogP contribution in [-0.2, 0) is 15.0 Å². The zero-order valence-corrected chi connectivity index (χ0v) is 12.8. The van der Waals surface area contributed by atoms with E-state index in [2.05, 4.69) is 4.72 Å². The van der Waals surface area contributed by atoms with Crippen molar-refractivity contribution in [3.05, 3.63) is 29.6 Å². The quantitative estimate of drug-likeness (QED) is 0.477. The number of nitrogens with one attached hydrogen (secondary N) is 1. The Kier molecular flexibility index (Phi) is 4.98. The number of nitrogens with zero attached hydrogens (tertiary/aromatic N) is 1. The Morgan fingerprint density at radius 2 is 2.32 bits per heavy atom. The molecule has 1 aliphatic heterocycles. The number of hydrogen-bond donors (Lipinski definition) is 4. The average Bonchev–Trinajstić information content (AvgIpc) is 2.86. The Balaban J connectivity index is 2.32. The SMILES string of the molecule is NCCNS(=O)(=O)N1CC(c2cbccc2)C(N)(C(=O)O)C1. The fraction of sp³-hybridized carbons (Fsp3) is 0.500. The molecule has 1 aromatic rings. The van der Waals surface area contributed by atoms with Gasteiger partial charge in [0.1, 0.15) is 0 Å². The molecule has 0 amide bonds. The van der Waals surface area contributed by atoms with Gasteiger partial charge in [0.25, 0.3) is 0 Å². The molecule has 1 aliphatic rings. The normalized spacial score (nSPS) is 26.0. The molecule has 8 nitrogen and oxygen atoms in total. The third-order valence-corrected chi connectivity index (χ3v) is 5.34. The average molecular weight is 326 g/mol. The van der Waals surface area contributed by atoms with Gasteiger partial charge in [-0.2, -0.15) is 0 Å². The van der Waals surface area contributed by atoms with Crippen molar-refractivity contribution in [3.8, 4) is 0 Å². The van der Waals surface area contributed by atoms with E-state index < -0.39 is 27.6 Å². The predicted molar refractivity (Wildman–Crippen MR) is 82.6 cm³/mol. The van der Waals surface area contributed by atoms with Crippen LogP contribution in [0.5, 0.6) is 0 Å². The van der Waals surface area contributed by atoms with Crippen LogP contribution in [0.15, 0.2) is 24.1 Å². The maximum atomic E-state index is 12.2. The van der Waals surface area contributed by atoms with Crippen LogP contribution >= 0.6 is 0 Å². The monoisotopic (exact) mass is 326 g/mol. The summed E-state index contributed by atoms with van der Waals surface area (Å²) in [6, 6.07) is 3.51. The standard InChI is InChI=1S/C12H19BN4O4S/c14-4-5-16-22(20,21)17-7-10(9-2-1-3-13-6-9)12(15,8-17)11(18)19/h1-3,6,10,16H,4-5,7-8,14-15H2,(H,18,19).